The summed E-state index contributed by atoms with van der Waals surface area (Å²) in [6.45, 7) is 13.7. The monoisotopic (exact) mass is 858 g/mol. The van der Waals surface area contributed by atoms with Crippen molar-refractivity contribution in [3.63, 3.8) is 0 Å². The van der Waals surface area contributed by atoms with Gasteiger partial charge in [-0.3, -0.25) is 0 Å². The normalized spacial score (nSPS) is 11.1. The minimum atomic E-state index is -0.501. The first-order valence-electron chi connectivity index (χ1n) is 19.1. The van der Waals surface area contributed by atoms with E-state index in [-0.39, 0.29) is 18.0 Å². The Hall–Kier alpha value is -5.49. The zero-order valence-electron chi connectivity index (χ0n) is 34.8. The first-order valence-corrected chi connectivity index (χ1v) is 20.3. The van der Waals surface area contributed by atoms with E-state index in [1.807, 2.05) is 96.3 Å². The number of amides is 2. The molecule has 0 fully saturated rings. The second kappa shape index (κ2) is 21.3. The molecule has 0 bridgehead atoms. The van der Waals surface area contributed by atoms with Gasteiger partial charge in [-0.25, -0.2) is 14.0 Å². The Morgan fingerprint density at radius 3 is 1.79 bits per heavy atom. The first-order chi connectivity index (χ1) is 27.5. The van der Waals surface area contributed by atoms with Crippen molar-refractivity contribution in [3.8, 4) is 11.5 Å². The maximum Gasteiger partial charge on any atom is 0.410 e. The molecule has 0 saturated heterocycles. The van der Waals surface area contributed by atoms with Crippen molar-refractivity contribution in [2.45, 2.75) is 64.6 Å². The number of H-pyrrole nitrogens is 1. The number of rotatable bonds is 11. The summed E-state index contributed by atoms with van der Waals surface area (Å²) in [4.78, 5) is 30.0. The van der Waals surface area contributed by atoms with Gasteiger partial charge in [-0.2, -0.15) is 0 Å². The maximum atomic E-state index is 12.3. The van der Waals surface area contributed by atoms with Crippen LogP contribution in [-0.4, -0.2) is 83.1 Å². The van der Waals surface area contributed by atoms with Crippen LogP contribution in [0.1, 0.15) is 52.7 Å². The van der Waals surface area contributed by atoms with E-state index in [2.05, 4.69) is 68.1 Å². The fourth-order valence-electron chi connectivity index (χ4n) is 5.49. The van der Waals surface area contributed by atoms with Crippen LogP contribution in [0.4, 0.5) is 14.0 Å². The smallest absolute Gasteiger partial charge is 0.410 e. The highest BCUT2D eigenvalue weighted by Gasteiger charge is 2.20. The summed E-state index contributed by atoms with van der Waals surface area (Å²) in [5.41, 5.74) is 3.40. The van der Waals surface area contributed by atoms with Crippen LogP contribution in [0.5, 0.6) is 11.5 Å². The van der Waals surface area contributed by atoms with Crippen molar-refractivity contribution in [2.24, 2.45) is 0 Å². The summed E-state index contributed by atoms with van der Waals surface area (Å²) in [7, 11) is 3.42. The van der Waals surface area contributed by atoms with E-state index in [0.717, 1.165) is 45.4 Å². The molecule has 2 heterocycles. The van der Waals surface area contributed by atoms with Crippen LogP contribution >= 0.6 is 15.9 Å². The highest BCUT2D eigenvalue weighted by atomic mass is 79.9. The van der Waals surface area contributed by atoms with E-state index in [4.69, 9.17) is 18.9 Å². The molecule has 0 aliphatic carbocycles. The minimum absolute atomic E-state index is 0.174. The molecule has 0 saturated carbocycles. The first kappa shape index (κ1) is 45.2. The van der Waals surface area contributed by atoms with Crippen molar-refractivity contribution in [1.29, 1.82) is 0 Å². The van der Waals surface area contributed by atoms with Gasteiger partial charge in [0.1, 0.15) is 41.7 Å². The molecule has 1 N–H and O–H groups in total. The molecule has 12 heteroatoms. The fraction of sp³-hybridized carbons (Fsp3) is 0.348. The number of hydrogen-bond acceptors (Lipinski definition) is 6. The average Bonchev–Trinajstić information content (AvgIpc) is 3.83. The number of halogens is 2. The van der Waals surface area contributed by atoms with Gasteiger partial charge in [0, 0.05) is 54.7 Å². The SMILES string of the molecule is CN(CCOc1cccc2[nH]ccc12)C(=O)OC(C)(C)C.CN(CCOc1cccc2c1ccn2Cc1ccccc1)C(=O)OC(C)(C)C.Fc1cccc(CBr)c1. The van der Waals surface area contributed by atoms with Crippen LogP contribution in [0.25, 0.3) is 21.8 Å². The fourth-order valence-corrected chi connectivity index (χ4v) is 5.84. The number of aromatic amines is 1. The standard InChI is InChI=1S/C23H28N2O3.C16H22N2O3.C7H6BrF/c1-23(2,3)28-22(26)24(4)15-16-27-21-12-8-11-20-19(21)13-14-25(20)17-18-9-6-5-7-10-18;1-16(2,3)21-15(19)18(4)10-11-20-14-7-5-6-13-12(14)8-9-17-13;8-5-6-2-1-3-7(9)4-6/h5-14H,15-17H2,1-4H3;5-9,17H,10-11H2,1-4H3;1-4H,5H2. The van der Waals surface area contributed by atoms with Crippen molar-refractivity contribution < 1.29 is 32.9 Å². The van der Waals surface area contributed by atoms with Crippen LogP contribution in [0.2, 0.25) is 0 Å². The van der Waals surface area contributed by atoms with Crippen molar-refractivity contribution in [3.05, 3.63) is 132 Å². The van der Waals surface area contributed by atoms with Gasteiger partial charge in [-0.15, -0.1) is 0 Å². The molecular weight excluding hydrogens is 803 g/mol. The summed E-state index contributed by atoms with van der Waals surface area (Å²) in [6, 6.07) is 32.8. The third-order valence-electron chi connectivity index (χ3n) is 8.35. The molecule has 0 aliphatic heterocycles. The zero-order chi connectivity index (χ0) is 42.3. The van der Waals surface area contributed by atoms with Gasteiger partial charge in [0.05, 0.1) is 18.6 Å². The number of nitrogens with zero attached hydrogens (tertiary/aromatic N) is 3. The molecular formula is C46H56BrFN4O6. The number of benzene rings is 4. The number of carbonyl (C=O) groups is 2. The molecule has 6 rings (SSSR count). The van der Waals surface area contributed by atoms with Gasteiger partial charge in [-0.1, -0.05) is 70.5 Å². The average molecular weight is 860 g/mol. The highest BCUT2D eigenvalue weighted by molar-refractivity contribution is 9.08. The number of nitrogens with one attached hydrogen (secondary N) is 1. The van der Waals surface area contributed by atoms with Gasteiger partial charge in [-0.05, 0) is 101 Å². The van der Waals surface area contributed by atoms with Gasteiger partial charge >= 0.3 is 12.2 Å². The summed E-state index contributed by atoms with van der Waals surface area (Å²) in [6.07, 6.45) is 3.27. The van der Waals surface area contributed by atoms with Crippen molar-refractivity contribution in [1.82, 2.24) is 19.4 Å². The van der Waals surface area contributed by atoms with Gasteiger partial charge in [0.15, 0.2) is 0 Å². The van der Waals surface area contributed by atoms with Gasteiger partial charge in [0.2, 0.25) is 0 Å². The second-order valence-corrected chi connectivity index (χ2v) is 16.1. The number of fused-ring (bicyclic) bond motifs is 2. The predicted molar refractivity (Wildman–Crippen MR) is 234 cm³/mol. The summed E-state index contributed by atoms with van der Waals surface area (Å²) < 4.78 is 36.9. The zero-order valence-corrected chi connectivity index (χ0v) is 36.3. The van der Waals surface area contributed by atoms with E-state index >= 15 is 0 Å². The molecule has 58 heavy (non-hydrogen) atoms. The van der Waals surface area contributed by atoms with Crippen LogP contribution in [-0.2, 0) is 21.3 Å². The summed E-state index contributed by atoms with van der Waals surface area (Å²) in [5.74, 6) is 1.46. The Kier molecular flexibility index (Phi) is 16.6. The van der Waals surface area contributed by atoms with Crippen molar-refractivity contribution in [2.75, 3.05) is 40.4 Å². The Morgan fingerprint density at radius 2 is 1.24 bits per heavy atom. The molecule has 0 aliphatic rings. The molecule has 6 aromatic rings. The highest BCUT2D eigenvalue weighted by Crippen LogP contribution is 2.28. The Labute approximate surface area is 350 Å². The quantitative estimate of drug-likeness (QED) is 0.130. The number of aromatic nitrogens is 2. The molecule has 2 aromatic heterocycles. The molecule has 310 valence electrons. The van der Waals surface area contributed by atoms with E-state index < -0.39 is 11.2 Å². The summed E-state index contributed by atoms with van der Waals surface area (Å²) >= 11 is 3.22. The third kappa shape index (κ3) is 14.8. The molecule has 10 nitrogen and oxygen atoms in total. The molecule has 2 amide bonds. The van der Waals surface area contributed by atoms with Gasteiger partial charge < -0.3 is 38.3 Å². The van der Waals surface area contributed by atoms with Crippen LogP contribution < -0.4 is 9.47 Å². The van der Waals surface area contributed by atoms with E-state index in [1.165, 1.54) is 27.5 Å². The lowest BCUT2D eigenvalue weighted by molar-refractivity contribution is 0.0269. The molecule has 0 unspecified atom stereocenters. The van der Waals surface area contributed by atoms with Crippen LogP contribution in [0.15, 0.2) is 116 Å². The number of likely N-dealkylation sites (N-methyl/N-ethyl adjacent to an activating group) is 2. The van der Waals surface area contributed by atoms with E-state index in [9.17, 15) is 14.0 Å². The molecule has 4 aromatic carbocycles. The predicted octanol–water partition coefficient (Wildman–Crippen LogP) is 11.1. The summed E-state index contributed by atoms with van der Waals surface area (Å²) in [5, 5.41) is 2.82. The Morgan fingerprint density at radius 1 is 0.690 bits per heavy atom. The Balaban J connectivity index is 0.000000217. The molecule has 0 atom stereocenters. The van der Waals surface area contributed by atoms with Crippen molar-refractivity contribution >= 4 is 49.9 Å². The van der Waals surface area contributed by atoms with E-state index in [1.54, 1.807) is 20.2 Å². The Bertz CT molecular complexity index is 2190. The lowest BCUT2D eigenvalue weighted by atomic mass is 10.2. The largest absolute Gasteiger partial charge is 0.491 e. The number of hydrogen-bond donors (Lipinski definition) is 1. The topological polar surface area (TPSA) is 98.3 Å². The molecule has 0 radical (unpaired) electrons. The maximum absolute atomic E-state index is 12.3. The lowest BCUT2D eigenvalue weighted by Gasteiger charge is -2.24. The lowest BCUT2D eigenvalue weighted by Crippen LogP contribution is -2.36. The third-order valence-corrected chi connectivity index (χ3v) is 8.99. The van der Waals surface area contributed by atoms with Crippen LogP contribution in [0.3, 0.4) is 0 Å². The van der Waals surface area contributed by atoms with Crippen LogP contribution in [0, 0.1) is 5.82 Å². The number of alkyl halides is 1. The number of carbonyl (C=O) groups excluding carboxylic acids is 2. The van der Waals surface area contributed by atoms with E-state index in [0.29, 0.717) is 31.6 Å². The second-order valence-electron chi connectivity index (χ2n) is 15.6. The molecule has 0 spiro atoms. The minimum Gasteiger partial charge on any atom is -0.491 e. The van der Waals surface area contributed by atoms with Gasteiger partial charge in [0.25, 0.3) is 0 Å². The number of ether oxygens (including phenoxy) is 4.